The average molecular weight is 617 g/mol. The molecule has 1 aliphatic heterocycles. The molecular weight excluding hydrogens is 568 g/mol. The van der Waals surface area contributed by atoms with Crippen molar-refractivity contribution in [3.63, 3.8) is 0 Å². The molecule has 1 heterocycles. The molecule has 1 aliphatic rings. The Hall–Kier alpha value is -3.92. The summed E-state index contributed by atoms with van der Waals surface area (Å²) in [5, 5.41) is 15.9. The monoisotopic (exact) mass is 616 g/mol. The van der Waals surface area contributed by atoms with Crippen LogP contribution in [-0.2, 0) is 11.3 Å². The Balaban J connectivity index is 1.59. The summed E-state index contributed by atoms with van der Waals surface area (Å²) in [4.78, 5) is 31.0. The summed E-state index contributed by atoms with van der Waals surface area (Å²) in [6, 6.07) is 23.8. The van der Waals surface area contributed by atoms with Crippen LogP contribution >= 0.6 is 0 Å². The lowest BCUT2D eigenvalue weighted by molar-refractivity contribution is -0.0177. The number of anilines is 2. The van der Waals surface area contributed by atoms with Crippen LogP contribution in [0.25, 0.3) is 0 Å². The number of aliphatic hydroxyl groups is 1. The number of benzene rings is 3. The van der Waals surface area contributed by atoms with E-state index in [1.165, 1.54) is 5.56 Å². The van der Waals surface area contributed by atoms with Gasteiger partial charge in [0.05, 0.1) is 30.4 Å². The smallest absolute Gasteiger partial charge is 0.323 e. The van der Waals surface area contributed by atoms with E-state index in [0.717, 1.165) is 25.8 Å². The van der Waals surface area contributed by atoms with E-state index < -0.39 is 12.1 Å². The lowest BCUT2D eigenvalue weighted by Gasteiger charge is -2.36. The molecule has 4 rings (SSSR count). The number of amides is 3. The molecule has 0 bridgehead atoms. The summed E-state index contributed by atoms with van der Waals surface area (Å²) in [7, 11) is 2.09. The Kier molecular flexibility index (Phi) is 12.8. The molecule has 0 radical (unpaired) electrons. The highest BCUT2D eigenvalue weighted by Gasteiger charge is 2.30. The number of urea groups is 1. The first-order valence-corrected chi connectivity index (χ1v) is 15.9. The van der Waals surface area contributed by atoms with E-state index >= 15 is 0 Å². The SMILES string of the molecule is C[C@@H]1CCCCO[C@H](CN(C)Cc2ccccc2)[C@H](C)CN([C@@H](C)CO)C(=O)c2cc(NC(=O)Nc3ccccc3)ccc2O1. The van der Waals surface area contributed by atoms with Crippen LogP contribution in [-0.4, -0.2) is 78.4 Å². The Morgan fingerprint density at radius 1 is 1.00 bits per heavy atom. The van der Waals surface area contributed by atoms with Crippen LogP contribution in [0.3, 0.4) is 0 Å². The number of fused-ring (bicyclic) bond motifs is 1. The Labute approximate surface area is 267 Å². The van der Waals surface area contributed by atoms with E-state index in [2.05, 4.69) is 41.6 Å². The van der Waals surface area contributed by atoms with Gasteiger partial charge < -0.3 is 30.1 Å². The van der Waals surface area contributed by atoms with E-state index in [1.54, 1.807) is 35.2 Å². The second-order valence-electron chi connectivity index (χ2n) is 12.1. The topological polar surface area (TPSA) is 103 Å². The number of rotatable bonds is 8. The molecule has 3 N–H and O–H groups in total. The first-order valence-electron chi connectivity index (χ1n) is 15.9. The fourth-order valence-electron chi connectivity index (χ4n) is 5.54. The first kappa shape index (κ1) is 34.0. The maximum absolute atomic E-state index is 14.3. The van der Waals surface area contributed by atoms with Crippen LogP contribution in [0.2, 0.25) is 0 Å². The van der Waals surface area contributed by atoms with Gasteiger partial charge in [0.2, 0.25) is 0 Å². The lowest BCUT2D eigenvalue weighted by Crippen LogP contribution is -2.47. The standard InChI is InChI=1S/C36H48N4O5/c1-26-22-40(27(2)25-41)35(42)32-21-31(38-36(43)37-30-16-9-6-10-17-30)18-19-33(32)45-28(3)13-11-12-20-44-34(26)24-39(4)23-29-14-7-5-8-15-29/h5-10,14-19,21,26-28,34,41H,11-13,20,22-25H2,1-4H3,(H2,37,38,43)/t26-,27+,28-,34-/m1/s1. The maximum atomic E-state index is 14.3. The van der Waals surface area contributed by atoms with Gasteiger partial charge in [0.15, 0.2) is 0 Å². The van der Waals surface area contributed by atoms with Crippen molar-refractivity contribution in [3.8, 4) is 5.75 Å². The zero-order valence-corrected chi connectivity index (χ0v) is 26.9. The van der Waals surface area contributed by atoms with E-state index in [-0.39, 0.29) is 30.6 Å². The summed E-state index contributed by atoms with van der Waals surface area (Å²) < 4.78 is 12.8. The van der Waals surface area contributed by atoms with E-state index in [4.69, 9.17) is 9.47 Å². The van der Waals surface area contributed by atoms with Crippen LogP contribution < -0.4 is 15.4 Å². The molecule has 0 spiro atoms. The van der Waals surface area contributed by atoms with Crippen molar-refractivity contribution in [2.75, 3.05) is 44.0 Å². The van der Waals surface area contributed by atoms with Crippen molar-refractivity contribution < 1.29 is 24.2 Å². The van der Waals surface area contributed by atoms with Gasteiger partial charge >= 0.3 is 6.03 Å². The second kappa shape index (κ2) is 17.0. The quantitative estimate of drug-likeness (QED) is 0.276. The van der Waals surface area contributed by atoms with E-state index in [0.29, 0.717) is 42.4 Å². The minimum atomic E-state index is -0.446. The van der Waals surface area contributed by atoms with Gasteiger partial charge in [0, 0.05) is 43.5 Å². The molecule has 0 saturated carbocycles. The third-order valence-corrected chi connectivity index (χ3v) is 8.13. The van der Waals surface area contributed by atoms with Crippen LogP contribution in [0.15, 0.2) is 78.9 Å². The molecule has 45 heavy (non-hydrogen) atoms. The van der Waals surface area contributed by atoms with Crippen molar-refractivity contribution in [2.24, 2.45) is 5.92 Å². The number of nitrogens with one attached hydrogen (secondary N) is 2. The zero-order valence-electron chi connectivity index (χ0n) is 26.9. The van der Waals surface area contributed by atoms with Crippen molar-refractivity contribution in [3.05, 3.63) is 90.0 Å². The second-order valence-corrected chi connectivity index (χ2v) is 12.1. The molecule has 0 unspecified atom stereocenters. The molecule has 3 aromatic rings. The van der Waals surface area contributed by atoms with E-state index in [9.17, 15) is 14.7 Å². The fraction of sp³-hybridized carbons (Fsp3) is 0.444. The number of hydrogen-bond donors (Lipinski definition) is 3. The summed E-state index contributed by atoms with van der Waals surface area (Å²) in [6.45, 7) is 8.24. The highest BCUT2D eigenvalue weighted by molar-refractivity contribution is 6.02. The third-order valence-electron chi connectivity index (χ3n) is 8.13. The van der Waals surface area contributed by atoms with Gasteiger partial charge in [-0.15, -0.1) is 0 Å². The van der Waals surface area contributed by atoms with Crippen LogP contribution in [0.4, 0.5) is 16.2 Å². The average Bonchev–Trinajstić information content (AvgIpc) is 3.03. The largest absolute Gasteiger partial charge is 0.490 e. The molecule has 0 aliphatic carbocycles. The number of carbonyl (C=O) groups is 2. The number of nitrogens with zero attached hydrogens (tertiary/aromatic N) is 2. The highest BCUT2D eigenvalue weighted by Crippen LogP contribution is 2.29. The highest BCUT2D eigenvalue weighted by atomic mass is 16.5. The predicted octanol–water partition coefficient (Wildman–Crippen LogP) is 6.26. The number of hydrogen-bond acceptors (Lipinski definition) is 6. The molecule has 242 valence electrons. The fourth-order valence-corrected chi connectivity index (χ4v) is 5.54. The van der Waals surface area contributed by atoms with Crippen LogP contribution in [0.5, 0.6) is 5.75 Å². The number of likely N-dealkylation sites (N-methyl/N-ethyl adjacent to an activating group) is 1. The Morgan fingerprint density at radius 2 is 1.69 bits per heavy atom. The number of ether oxygens (including phenoxy) is 2. The molecular formula is C36H48N4O5. The van der Waals surface area contributed by atoms with Crippen molar-refractivity contribution in [2.45, 2.75) is 64.8 Å². The van der Waals surface area contributed by atoms with Crippen molar-refractivity contribution in [1.29, 1.82) is 0 Å². The summed E-state index contributed by atoms with van der Waals surface area (Å²) in [5.74, 6) is 0.160. The number of carbonyl (C=O) groups excluding carboxylic acids is 2. The van der Waals surface area contributed by atoms with Crippen LogP contribution in [0.1, 0.15) is 56.0 Å². The molecule has 0 fully saturated rings. The van der Waals surface area contributed by atoms with Crippen molar-refractivity contribution in [1.82, 2.24) is 9.80 Å². The minimum absolute atomic E-state index is 0.0228. The van der Waals surface area contributed by atoms with Gasteiger partial charge in [0.25, 0.3) is 5.91 Å². The van der Waals surface area contributed by atoms with Gasteiger partial charge in [-0.2, -0.15) is 0 Å². The molecule has 0 saturated heterocycles. The molecule has 9 heteroatoms. The molecule has 0 aromatic heterocycles. The molecule has 4 atom stereocenters. The minimum Gasteiger partial charge on any atom is -0.490 e. The molecule has 9 nitrogen and oxygen atoms in total. The summed E-state index contributed by atoms with van der Waals surface area (Å²) >= 11 is 0. The number of aliphatic hydroxyl groups excluding tert-OH is 1. The lowest BCUT2D eigenvalue weighted by atomic mass is 10.0. The van der Waals surface area contributed by atoms with Gasteiger partial charge in [-0.25, -0.2) is 4.79 Å². The van der Waals surface area contributed by atoms with Gasteiger partial charge in [-0.3, -0.25) is 9.69 Å². The van der Waals surface area contributed by atoms with Gasteiger partial charge in [-0.1, -0.05) is 55.5 Å². The molecule has 3 amide bonds. The summed E-state index contributed by atoms with van der Waals surface area (Å²) in [5.41, 5.74) is 2.68. The normalized spacial score (nSPS) is 20.4. The number of para-hydroxylation sites is 1. The van der Waals surface area contributed by atoms with Crippen molar-refractivity contribution >= 4 is 23.3 Å². The maximum Gasteiger partial charge on any atom is 0.323 e. The molecule has 3 aromatic carbocycles. The first-order chi connectivity index (χ1) is 21.7. The Morgan fingerprint density at radius 3 is 2.40 bits per heavy atom. The summed E-state index contributed by atoms with van der Waals surface area (Å²) in [6.07, 6.45) is 2.39. The predicted molar refractivity (Wildman–Crippen MR) is 179 cm³/mol. The van der Waals surface area contributed by atoms with E-state index in [1.807, 2.05) is 50.2 Å². The zero-order chi connectivity index (χ0) is 32.2. The third kappa shape index (κ3) is 10.3. The van der Waals surface area contributed by atoms with Gasteiger partial charge in [0.1, 0.15) is 5.75 Å². The van der Waals surface area contributed by atoms with Crippen LogP contribution in [0, 0.1) is 5.92 Å². The Bertz CT molecular complexity index is 1360. The van der Waals surface area contributed by atoms with Gasteiger partial charge in [-0.05, 0) is 76.1 Å².